The fourth-order valence-electron chi connectivity index (χ4n) is 1.83. The largest absolute Gasteiger partial charge is 0.416 e. The third-order valence-corrected chi connectivity index (χ3v) is 3.03. The number of hydrogen-bond donors (Lipinski definition) is 2. The molecule has 0 spiro atoms. The van der Waals surface area contributed by atoms with Gasteiger partial charge in [-0.25, -0.2) is 0 Å². The topological polar surface area (TPSA) is 62.0 Å². The van der Waals surface area contributed by atoms with Gasteiger partial charge in [-0.2, -0.15) is 13.2 Å². The van der Waals surface area contributed by atoms with Crippen LogP contribution in [0.1, 0.15) is 21.5 Å². The minimum atomic E-state index is -4.35. The second-order valence-electron chi connectivity index (χ2n) is 4.64. The van der Waals surface area contributed by atoms with E-state index < -0.39 is 11.7 Å². The molecular formula is C15H13F3N2O2. The molecule has 22 heavy (non-hydrogen) atoms. The summed E-state index contributed by atoms with van der Waals surface area (Å²) in [5.74, 6) is -0.358. The van der Waals surface area contributed by atoms with Crippen LogP contribution in [0.25, 0.3) is 0 Å². The molecule has 0 aliphatic carbocycles. The molecule has 1 aromatic heterocycles. The molecule has 4 nitrogen and oxygen atoms in total. The fraction of sp³-hybridized carbons (Fsp3) is 0.200. The van der Waals surface area contributed by atoms with E-state index in [1.165, 1.54) is 30.5 Å². The Kier molecular flexibility index (Phi) is 4.65. The van der Waals surface area contributed by atoms with Crippen LogP contribution in [0.15, 0.2) is 47.4 Å². The number of rotatable bonds is 4. The standard InChI is InChI=1S/C15H13F3N2O2/c16-15(17,18)12-4-1-10(2-5-12)7-8-19-14(22)11-3-6-13(21)20-9-11/h1-6,9H,7-8H2,(H,19,22)(H,20,21). The number of pyridine rings is 1. The number of aromatic amines is 1. The summed E-state index contributed by atoms with van der Waals surface area (Å²) in [6.07, 6.45) is -2.64. The van der Waals surface area contributed by atoms with Crippen molar-refractivity contribution in [2.75, 3.05) is 6.54 Å². The summed E-state index contributed by atoms with van der Waals surface area (Å²) in [6.45, 7) is 0.281. The first kappa shape index (κ1) is 15.8. The van der Waals surface area contributed by atoms with Gasteiger partial charge in [0, 0.05) is 18.8 Å². The summed E-state index contributed by atoms with van der Waals surface area (Å²) in [5, 5.41) is 2.63. The zero-order valence-corrected chi connectivity index (χ0v) is 11.4. The maximum absolute atomic E-state index is 12.4. The van der Waals surface area contributed by atoms with Crippen molar-refractivity contribution in [1.82, 2.24) is 10.3 Å². The normalized spacial score (nSPS) is 11.2. The summed E-state index contributed by atoms with van der Waals surface area (Å²) in [5.41, 5.74) is -0.00313. The summed E-state index contributed by atoms with van der Waals surface area (Å²) >= 11 is 0. The molecule has 0 unspecified atom stereocenters. The highest BCUT2D eigenvalue weighted by molar-refractivity contribution is 5.93. The molecule has 0 bridgehead atoms. The molecule has 0 saturated carbocycles. The van der Waals surface area contributed by atoms with Crippen LogP contribution in [0.2, 0.25) is 0 Å². The smallest absolute Gasteiger partial charge is 0.352 e. The number of amides is 1. The minimum absolute atomic E-state index is 0.281. The summed E-state index contributed by atoms with van der Waals surface area (Å²) in [4.78, 5) is 25.0. The van der Waals surface area contributed by atoms with Crippen molar-refractivity contribution in [3.63, 3.8) is 0 Å². The van der Waals surface area contributed by atoms with Gasteiger partial charge in [-0.1, -0.05) is 12.1 Å². The summed E-state index contributed by atoms with van der Waals surface area (Å²) in [6, 6.07) is 7.43. The van der Waals surface area contributed by atoms with Crippen molar-refractivity contribution in [2.24, 2.45) is 0 Å². The molecule has 2 rings (SSSR count). The van der Waals surface area contributed by atoms with Gasteiger partial charge in [0.25, 0.3) is 5.91 Å². The predicted octanol–water partition coefficient (Wildman–Crippen LogP) is 2.37. The van der Waals surface area contributed by atoms with Crippen LogP contribution in [0, 0.1) is 0 Å². The fourth-order valence-corrected chi connectivity index (χ4v) is 1.83. The molecule has 0 fully saturated rings. The molecule has 1 amide bonds. The highest BCUT2D eigenvalue weighted by Crippen LogP contribution is 2.29. The van der Waals surface area contributed by atoms with Crippen molar-refractivity contribution in [1.29, 1.82) is 0 Å². The second-order valence-corrected chi connectivity index (χ2v) is 4.64. The first-order valence-corrected chi connectivity index (χ1v) is 6.49. The summed E-state index contributed by atoms with van der Waals surface area (Å²) < 4.78 is 37.2. The van der Waals surface area contributed by atoms with Crippen LogP contribution in [0.5, 0.6) is 0 Å². The lowest BCUT2D eigenvalue weighted by Crippen LogP contribution is -2.26. The van der Waals surface area contributed by atoms with Gasteiger partial charge in [0.15, 0.2) is 0 Å². The number of hydrogen-bond acceptors (Lipinski definition) is 2. The SMILES string of the molecule is O=C(NCCc1ccc(C(F)(F)F)cc1)c1ccc(=O)[nH]c1. The first-order chi connectivity index (χ1) is 10.4. The molecule has 2 aromatic rings. The van der Waals surface area contributed by atoms with Gasteiger partial charge >= 0.3 is 6.18 Å². The van der Waals surface area contributed by atoms with Crippen LogP contribution in [-0.4, -0.2) is 17.4 Å². The molecule has 0 aliphatic rings. The molecule has 116 valence electrons. The Morgan fingerprint density at radius 2 is 1.77 bits per heavy atom. The number of nitrogens with one attached hydrogen (secondary N) is 2. The van der Waals surface area contributed by atoms with Gasteiger partial charge in [-0.15, -0.1) is 0 Å². The maximum atomic E-state index is 12.4. The molecule has 0 radical (unpaired) electrons. The third kappa shape index (κ3) is 4.21. The van der Waals surface area contributed by atoms with Crippen molar-refractivity contribution < 1.29 is 18.0 Å². The number of aromatic nitrogens is 1. The monoisotopic (exact) mass is 310 g/mol. The molecule has 0 saturated heterocycles. The molecule has 1 aromatic carbocycles. The quantitative estimate of drug-likeness (QED) is 0.910. The Hall–Kier alpha value is -2.57. The van der Waals surface area contributed by atoms with Gasteiger partial charge < -0.3 is 10.3 Å². The number of alkyl halides is 3. The van der Waals surface area contributed by atoms with Gasteiger partial charge in [-0.05, 0) is 30.2 Å². The Bertz CT molecular complexity index is 685. The van der Waals surface area contributed by atoms with E-state index >= 15 is 0 Å². The zero-order valence-electron chi connectivity index (χ0n) is 11.4. The Balaban J connectivity index is 1.87. The minimum Gasteiger partial charge on any atom is -0.352 e. The first-order valence-electron chi connectivity index (χ1n) is 6.49. The van der Waals surface area contributed by atoms with Crippen LogP contribution >= 0.6 is 0 Å². The van der Waals surface area contributed by atoms with E-state index in [1.54, 1.807) is 0 Å². The van der Waals surface area contributed by atoms with Gasteiger partial charge in [0.1, 0.15) is 0 Å². The highest BCUT2D eigenvalue weighted by atomic mass is 19.4. The van der Waals surface area contributed by atoms with Crippen LogP contribution in [0.4, 0.5) is 13.2 Å². The number of carbonyl (C=O) groups excluding carboxylic acids is 1. The maximum Gasteiger partial charge on any atom is 0.416 e. The highest BCUT2D eigenvalue weighted by Gasteiger charge is 2.29. The van der Waals surface area contributed by atoms with E-state index in [2.05, 4.69) is 10.3 Å². The second kappa shape index (κ2) is 6.46. The zero-order chi connectivity index (χ0) is 16.2. The van der Waals surface area contributed by atoms with E-state index in [9.17, 15) is 22.8 Å². The number of benzene rings is 1. The predicted molar refractivity (Wildman–Crippen MR) is 74.5 cm³/mol. The van der Waals surface area contributed by atoms with E-state index in [0.29, 0.717) is 17.5 Å². The Labute approximate surface area is 124 Å². The molecule has 1 heterocycles. The van der Waals surface area contributed by atoms with Crippen LogP contribution in [0.3, 0.4) is 0 Å². The van der Waals surface area contributed by atoms with E-state index in [4.69, 9.17) is 0 Å². The van der Waals surface area contributed by atoms with Crippen molar-refractivity contribution in [3.05, 3.63) is 69.6 Å². The lowest BCUT2D eigenvalue weighted by atomic mass is 10.1. The van der Waals surface area contributed by atoms with E-state index in [-0.39, 0.29) is 18.0 Å². The average Bonchev–Trinajstić information content (AvgIpc) is 2.47. The van der Waals surface area contributed by atoms with Gasteiger partial charge in [0.2, 0.25) is 5.56 Å². The van der Waals surface area contributed by atoms with Gasteiger partial charge in [0.05, 0.1) is 11.1 Å². The van der Waals surface area contributed by atoms with Crippen LogP contribution in [-0.2, 0) is 12.6 Å². The van der Waals surface area contributed by atoms with Crippen molar-refractivity contribution in [2.45, 2.75) is 12.6 Å². The third-order valence-electron chi connectivity index (χ3n) is 3.03. The summed E-state index contributed by atoms with van der Waals surface area (Å²) in [7, 11) is 0. The van der Waals surface area contributed by atoms with Crippen molar-refractivity contribution >= 4 is 5.91 Å². The number of H-pyrrole nitrogens is 1. The van der Waals surface area contributed by atoms with E-state index in [0.717, 1.165) is 12.1 Å². The molecule has 0 atom stereocenters. The molecule has 7 heteroatoms. The molecule has 2 N–H and O–H groups in total. The van der Waals surface area contributed by atoms with E-state index in [1.807, 2.05) is 0 Å². The molecule has 0 aliphatic heterocycles. The lowest BCUT2D eigenvalue weighted by Gasteiger charge is -2.08. The van der Waals surface area contributed by atoms with Crippen molar-refractivity contribution in [3.8, 4) is 0 Å². The Morgan fingerprint density at radius 3 is 2.32 bits per heavy atom. The number of halogens is 3. The average molecular weight is 310 g/mol. The molecular weight excluding hydrogens is 297 g/mol. The Morgan fingerprint density at radius 1 is 1.09 bits per heavy atom. The van der Waals surface area contributed by atoms with Gasteiger partial charge in [-0.3, -0.25) is 9.59 Å². The number of carbonyl (C=O) groups is 1. The lowest BCUT2D eigenvalue weighted by molar-refractivity contribution is -0.137. The van der Waals surface area contributed by atoms with Crippen LogP contribution < -0.4 is 10.9 Å².